The number of hydrogen-bond acceptors (Lipinski definition) is 5. The normalized spacial score (nSPS) is 10.4. The fourth-order valence-electron chi connectivity index (χ4n) is 2.60. The maximum Gasteiger partial charge on any atom is 0.325 e. The molecule has 140 valence electrons. The molecule has 0 bridgehead atoms. The number of carbonyl (C=O) groups is 1. The quantitative estimate of drug-likeness (QED) is 0.644. The van der Waals surface area contributed by atoms with Gasteiger partial charge in [-0.05, 0) is 43.2 Å². The molecule has 0 spiro atoms. The Morgan fingerprint density at radius 3 is 2.56 bits per heavy atom. The number of carbonyl (C=O) groups excluding carboxylic acids is 1. The fraction of sp³-hybridized carbons (Fsp3) is 0.200. The molecule has 0 saturated heterocycles. The Kier molecular flexibility index (Phi) is 5.61. The molecule has 2 N–H and O–H groups in total. The number of nitrogens with zero attached hydrogens (tertiary/aromatic N) is 1. The lowest BCUT2D eigenvalue weighted by molar-refractivity contribution is 0.262. The average Bonchev–Trinajstić information content (AvgIpc) is 3.12. The lowest BCUT2D eigenvalue weighted by Crippen LogP contribution is -2.19. The highest BCUT2D eigenvalue weighted by atomic mass is 32.1. The molecule has 0 aliphatic rings. The van der Waals surface area contributed by atoms with Gasteiger partial charge in [-0.3, -0.25) is 5.32 Å². The van der Waals surface area contributed by atoms with E-state index in [1.165, 1.54) is 29.6 Å². The standard InChI is InChI=1S/C20H21N3O3S/c1-12-8-9-14(10-13(12)2)16-11-27-20(22-16)23-19(24)21-15-6-5-7-17(25-3)18(15)26-4/h5-11H,1-4H3,(H2,21,22,23,24). The molecule has 0 fully saturated rings. The topological polar surface area (TPSA) is 72.5 Å². The summed E-state index contributed by atoms with van der Waals surface area (Å²) < 4.78 is 10.6. The highest BCUT2D eigenvalue weighted by Crippen LogP contribution is 2.35. The number of benzene rings is 2. The Morgan fingerprint density at radius 1 is 1.04 bits per heavy atom. The zero-order chi connectivity index (χ0) is 19.4. The molecule has 1 aromatic heterocycles. The van der Waals surface area contributed by atoms with Gasteiger partial charge >= 0.3 is 6.03 Å². The molecule has 0 unspecified atom stereocenters. The van der Waals surface area contributed by atoms with Crippen LogP contribution in [0.1, 0.15) is 11.1 Å². The van der Waals surface area contributed by atoms with Gasteiger partial charge in [0.25, 0.3) is 0 Å². The third kappa shape index (κ3) is 4.20. The van der Waals surface area contributed by atoms with Gasteiger partial charge in [0.15, 0.2) is 16.6 Å². The first-order valence-corrected chi connectivity index (χ1v) is 9.22. The number of urea groups is 1. The van der Waals surface area contributed by atoms with Crippen LogP contribution in [0.2, 0.25) is 0 Å². The second kappa shape index (κ2) is 8.09. The van der Waals surface area contributed by atoms with Crippen molar-refractivity contribution in [3.05, 3.63) is 52.9 Å². The van der Waals surface area contributed by atoms with Gasteiger partial charge in [0.2, 0.25) is 0 Å². The summed E-state index contributed by atoms with van der Waals surface area (Å²) in [6.07, 6.45) is 0. The van der Waals surface area contributed by atoms with E-state index in [-0.39, 0.29) is 0 Å². The fourth-order valence-corrected chi connectivity index (χ4v) is 3.32. The van der Waals surface area contributed by atoms with Crippen LogP contribution in [0.15, 0.2) is 41.8 Å². The summed E-state index contributed by atoms with van der Waals surface area (Å²) in [4.78, 5) is 16.8. The smallest absolute Gasteiger partial charge is 0.325 e. The summed E-state index contributed by atoms with van der Waals surface area (Å²) in [5, 5.41) is 7.96. The SMILES string of the molecule is COc1cccc(NC(=O)Nc2nc(-c3ccc(C)c(C)c3)cs2)c1OC. The molecule has 0 saturated carbocycles. The summed E-state index contributed by atoms with van der Waals surface area (Å²) >= 11 is 1.37. The number of thiazole rings is 1. The minimum Gasteiger partial charge on any atom is -0.493 e. The lowest BCUT2D eigenvalue weighted by Gasteiger charge is -2.13. The number of nitrogens with one attached hydrogen (secondary N) is 2. The largest absolute Gasteiger partial charge is 0.493 e. The number of aromatic nitrogens is 1. The zero-order valence-corrected chi connectivity index (χ0v) is 16.4. The van der Waals surface area contributed by atoms with Crippen molar-refractivity contribution in [2.45, 2.75) is 13.8 Å². The van der Waals surface area contributed by atoms with Crippen LogP contribution >= 0.6 is 11.3 Å². The summed E-state index contributed by atoms with van der Waals surface area (Å²) in [7, 11) is 3.07. The molecule has 7 heteroatoms. The van der Waals surface area contributed by atoms with Crippen LogP contribution in [0.3, 0.4) is 0 Å². The predicted octanol–water partition coefficient (Wildman–Crippen LogP) is 5.09. The zero-order valence-electron chi connectivity index (χ0n) is 15.6. The highest BCUT2D eigenvalue weighted by molar-refractivity contribution is 7.14. The maximum atomic E-state index is 12.3. The second-order valence-electron chi connectivity index (χ2n) is 5.96. The Hall–Kier alpha value is -3.06. The number of aryl methyl sites for hydroxylation is 2. The molecule has 0 atom stereocenters. The third-order valence-electron chi connectivity index (χ3n) is 4.18. The third-order valence-corrected chi connectivity index (χ3v) is 4.94. The van der Waals surface area contributed by atoms with Crippen molar-refractivity contribution in [2.24, 2.45) is 0 Å². The molecule has 27 heavy (non-hydrogen) atoms. The van der Waals surface area contributed by atoms with Gasteiger partial charge in [0.1, 0.15) is 0 Å². The van der Waals surface area contributed by atoms with Crippen LogP contribution in [0.4, 0.5) is 15.6 Å². The number of hydrogen-bond donors (Lipinski definition) is 2. The summed E-state index contributed by atoms with van der Waals surface area (Å²) in [6, 6.07) is 11.1. The maximum absolute atomic E-state index is 12.3. The van der Waals surface area contributed by atoms with E-state index >= 15 is 0 Å². The molecule has 1 heterocycles. The van der Waals surface area contributed by atoms with E-state index in [0.717, 1.165) is 11.3 Å². The van der Waals surface area contributed by atoms with Gasteiger partial charge in [-0.2, -0.15) is 0 Å². The molecule has 0 aliphatic heterocycles. The molecule has 6 nitrogen and oxygen atoms in total. The molecule has 3 rings (SSSR count). The molecule has 2 aromatic carbocycles. The molecule has 3 aromatic rings. The molecule has 0 radical (unpaired) electrons. The van der Waals surface area contributed by atoms with E-state index < -0.39 is 6.03 Å². The number of amides is 2. The molecular formula is C20H21N3O3S. The van der Waals surface area contributed by atoms with Crippen molar-refractivity contribution in [3.8, 4) is 22.8 Å². The molecular weight excluding hydrogens is 362 g/mol. The summed E-state index contributed by atoms with van der Waals surface area (Å²) in [5.74, 6) is 1.01. The Bertz CT molecular complexity index is 969. The van der Waals surface area contributed by atoms with Crippen LogP contribution in [-0.4, -0.2) is 25.2 Å². The number of ether oxygens (including phenoxy) is 2. The predicted molar refractivity (Wildman–Crippen MR) is 109 cm³/mol. The number of anilines is 2. The van der Waals surface area contributed by atoms with E-state index in [9.17, 15) is 4.79 Å². The number of rotatable bonds is 5. The van der Waals surface area contributed by atoms with Crippen molar-refractivity contribution >= 4 is 28.2 Å². The van der Waals surface area contributed by atoms with Gasteiger partial charge in [-0.15, -0.1) is 11.3 Å². The van der Waals surface area contributed by atoms with Crippen molar-refractivity contribution in [3.63, 3.8) is 0 Å². The Balaban J connectivity index is 1.72. The van der Waals surface area contributed by atoms with Gasteiger partial charge < -0.3 is 14.8 Å². The van der Waals surface area contributed by atoms with Gasteiger partial charge in [-0.25, -0.2) is 9.78 Å². The van der Waals surface area contributed by atoms with Gasteiger partial charge in [-0.1, -0.05) is 18.2 Å². The van der Waals surface area contributed by atoms with E-state index in [1.807, 2.05) is 11.4 Å². The van der Waals surface area contributed by atoms with Gasteiger partial charge in [0.05, 0.1) is 25.6 Å². The van der Waals surface area contributed by atoms with Crippen LogP contribution < -0.4 is 20.1 Å². The monoisotopic (exact) mass is 383 g/mol. The van der Waals surface area contributed by atoms with Crippen LogP contribution in [-0.2, 0) is 0 Å². The van der Waals surface area contributed by atoms with E-state index in [0.29, 0.717) is 22.3 Å². The van der Waals surface area contributed by atoms with Crippen LogP contribution in [0.25, 0.3) is 11.3 Å². The van der Waals surface area contributed by atoms with Crippen molar-refractivity contribution < 1.29 is 14.3 Å². The molecule has 2 amide bonds. The minimum atomic E-state index is -0.400. The first-order valence-electron chi connectivity index (χ1n) is 8.34. The Labute approximate surface area is 162 Å². The summed E-state index contributed by atoms with van der Waals surface area (Å²) in [6.45, 7) is 4.14. The van der Waals surface area contributed by atoms with Crippen molar-refractivity contribution in [1.82, 2.24) is 4.98 Å². The van der Waals surface area contributed by atoms with E-state index in [2.05, 4.69) is 41.6 Å². The number of para-hydroxylation sites is 1. The lowest BCUT2D eigenvalue weighted by atomic mass is 10.1. The second-order valence-corrected chi connectivity index (χ2v) is 6.82. The van der Waals surface area contributed by atoms with Crippen LogP contribution in [0, 0.1) is 13.8 Å². The number of methoxy groups -OCH3 is 2. The molecule has 0 aliphatic carbocycles. The first kappa shape index (κ1) is 18.7. The minimum absolute atomic E-state index is 0.400. The van der Waals surface area contributed by atoms with E-state index in [4.69, 9.17) is 9.47 Å². The summed E-state index contributed by atoms with van der Waals surface area (Å²) in [5.41, 5.74) is 4.81. The van der Waals surface area contributed by atoms with Crippen LogP contribution in [0.5, 0.6) is 11.5 Å². The van der Waals surface area contributed by atoms with Crippen molar-refractivity contribution in [2.75, 3.05) is 24.9 Å². The van der Waals surface area contributed by atoms with Gasteiger partial charge in [0, 0.05) is 10.9 Å². The average molecular weight is 383 g/mol. The first-order chi connectivity index (χ1) is 13.0. The van der Waals surface area contributed by atoms with E-state index in [1.54, 1.807) is 25.3 Å². The highest BCUT2D eigenvalue weighted by Gasteiger charge is 2.13. The Morgan fingerprint density at radius 2 is 1.85 bits per heavy atom. The van der Waals surface area contributed by atoms with Crippen molar-refractivity contribution in [1.29, 1.82) is 0 Å².